The van der Waals surface area contributed by atoms with Crippen LogP contribution >= 0.6 is 11.6 Å². The molecule has 0 spiro atoms. The third-order valence-electron chi connectivity index (χ3n) is 6.35. The SMILES string of the molecule is C[C@@]1(c2ccc(OC(F)F)cc2)NC(=O)N(CC(=O)N2CCN(S(=O)(=O)c3ccc(F)c(Cl)c3)CC2)C1=O. The van der Waals surface area contributed by atoms with E-state index in [1.165, 1.54) is 36.1 Å². The van der Waals surface area contributed by atoms with Gasteiger partial charge in [-0.2, -0.15) is 13.1 Å². The van der Waals surface area contributed by atoms with E-state index in [1.807, 2.05) is 0 Å². The molecule has 0 radical (unpaired) electrons. The van der Waals surface area contributed by atoms with E-state index in [9.17, 15) is 36.0 Å². The van der Waals surface area contributed by atoms with Gasteiger partial charge in [0.1, 0.15) is 23.7 Å². The summed E-state index contributed by atoms with van der Waals surface area (Å²) in [6.45, 7) is -2.30. The second-order valence-electron chi connectivity index (χ2n) is 8.71. The van der Waals surface area contributed by atoms with Gasteiger partial charge in [0.25, 0.3) is 5.91 Å². The van der Waals surface area contributed by atoms with Gasteiger partial charge >= 0.3 is 12.6 Å². The van der Waals surface area contributed by atoms with Crippen LogP contribution in [0.5, 0.6) is 5.75 Å². The summed E-state index contributed by atoms with van der Waals surface area (Å²) in [4.78, 5) is 40.5. The summed E-state index contributed by atoms with van der Waals surface area (Å²) in [5.74, 6) is -2.16. The van der Waals surface area contributed by atoms with E-state index in [4.69, 9.17) is 11.6 Å². The van der Waals surface area contributed by atoms with Crippen LogP contribution in [0, 0.1) is 5.82 Å². The minimum atomic E-state index is -3.98. The third kappa shape index (κ3) is 5.28. The number of urea groups is 1. The fourth-order valence-electron chi connectivity index (χ4n) is 4.21. The lowest BCUT2D eigenvalue weighted by Gasteiger charge is -2.34. The Morgan fingerprint density at radius 3 is 2.32 bits per heavy atom. The van der Waals surface area contributed by atoms with Gasteiger partial charge in [-0.3, -0.25) is 14.5 Å². The summed E-state index contributed by atoms with van der Waals surface area (Å²) in [7, 11) is -3.98. The molecule has 2 aromatic carbocycles. The molecule has 2 aromatic rings. The summed E-state index contributed by atoms with van der Waals surface area (Å²) in [5.41, 5.74) is -1.24. The van der Waals surface area contributed by atoms with Gasteiger partial charge < -0.3 is 15.0 Å². The normalized spacial score (nSPS) is 20.7. The lowest BCUT2D eigenvalue weighted by atomic mass is 9.92. The topological polar surface area (TPSA) is 116 Å². The first-order chi connectivity index (χ1) is 17.8. The number of sulfonamides is 1. The number of halogens is 4. The van der Waals surface area contributed by atoms with Gasteiger partial charge in [0.15, 0.2) is 0 Å². The highest BCUT2D eigenvalue weighted by Crippen LogP contribution is 2.30. The van der Waals surface area contributed by atoms with E-state index in [0.717, 1.165) is 27.4 Å². The number of benzene rings is 2. The zero-order valence-electron chi connectivity index (χ0n) is 19.9. The molecule has 0 saturated carbocycles. The smallest absolute Gasteiger partial charge is 0.387 e. The Labute approximate surface area is 220 Å². The molecule has 4 rings (SSSR count). The van der Waals surface area contributed by atoms with Gasteiger partial charge in [-0.15, -0.1) is 0 Å². The van der Waals surface area contributed by atoms with Gasteiger partial charge in [-0.25, -0.2) is 17.6 Å². The first-order valence-corrected chi connectivity index (χ1v) is 13.1. The molecule has 2 aliphatic rings. The van der Waals surface area contributed by atoms with Crippen LogP contribution in [0.1, 0.15) is 12.5 Å². The standard InChI is InChI=1S/C23H22ClF3N4O6S/c1-23(14-2-4-15(5-3-14)37-21(26)27)20(33)31(22(34)28-23)13-19(32)29-8-10-30(11-9-29)38(35,36)16-6-7-18(25)17(24)12-16/h2-7,12,21H,8-11,13H2,1H3,(H,28,34)/t23-/m0/s1. The van der Waals surface area contributed by atoms with Crippen LogP contribution in [0.2, 0.25) is 5.02 Å². The Balaban J connectivity index is 1.39. The minimum Gasteiger partial charge on any atom is -0.435 e. The van der Waals surface area contributed by atoms with Crippen molar-refractivity contribution in [1.82, 2.24) is 19.4 Å². The molecule has 4 amide bonds. The minimum absolute atomic E-state index is 0.000489. The molecule has 204 valence electrons. The highest BCUT2D eigenvalue weighted by Gasteiger charge is 2.50. The van der Waals surface area contributed by atoms with Crippen molar-refractivity contribution < 1.29 is 40.7 Å². The fourth-order valence-corrected chi connectivity index (χ4v) is 5.90. The Morgan fingerprint density at radius 2 is 1.74 bits per heavy atom. The van der Waals surface area contributed by atoms with Crippen molar-refractivity contribution in [2.45, 2.75) is 24.0 Å². The highest BCUT2D eigenvalue weighted by atomic mass is 35.5. The number of alkyl halides is 2. The monoisotopic (exact) mass is 574 g/mol. The molecular formula is C23H22ClF3N4O6S. The number of ether oxygens (including phenoxy) is 1. The van der Waals surface area contributed by atoms with Crippen molar-refractivity contribution in [3.63, 3.8) is 0 Å². The molecule has 15 heteroatoms. The van der Waals surface area contributed by atoms with Crippen molar-refractivity contribution in [3.8, 4) is 5.75 Å². The zero-order valence-corrected chi connectivity index (χ0v) is 21.4. The Kier molecular flexibility index (Phi) is 7.59. The molecule has 0 aliphatic carbocycles. The third-order valence-corrected chi connectivity index (χ3v) is 8.53. The maximum absolute atomic E-state index is 13.4. The van der Waals surface area contributed by atoms with Crippen LogP contribution in [0.25, 0.3) is 0 Å². The lowest BCUT2D eigenvalue weighted by Crippen LogP contribution is -2.53. The molecule has 0 aromatic heterocycles. The molecule has 2 fully saturated rings. The predicted octanol–water partition coefficient (Wildman–Crippen LogP) is 2.38. The molecule has 2 aliphatic heterocycles. The Morgan fingerprint density at radius 1 is 1.11 bits per heavy atom. The van der Waals surface area contributed by atoms with E-state index in [2.05, 4.69) is 10.1 Å². The van der Waals surface area contributed by atoms with Crippen LogP contribution < -0.4 is 10.1 Å². The maximum Gasteiger partial charge on any atom is 0.387 e. The number of piperazine rings is 1. The number of carbonyl (C=O) groups is 3. The molecule has 2 heterocycles. The Bertz CT molecular complexity index is 1370. The number of amides is 4. The van der Waals surface area contributed by atoms with Crippen molar-refractivity contribution in [3.05, 3.63) is 58.9 Å². The average molecular weight is 575 g/mol. The number of hydrogen-bond donors (Lipinski definition) is 1. The average Bonchev–Trinajstić information content (AvgIpc) is 3.09. The van der Waals surface area contributed by atoms with E-state index in [0.29, 0.717) is 5.56 Å². The quantitative estimate of drug-likeness (QED) is 0.508. The molecule has 2 saturated heterocycles. The largest absolute Gasteiger partial charge is 0.435 e. The summed E-state index contributed by atoms with van der Waals surface area (Å²) in [6, 6.07) is 7.42. The van der Waals surface area contributed by atoms with Crippen LogP contribution in [0.15, 0.2) is 47.4 Å². The van der Waals surface area contributed by atoms with Crippen LogP contribution in [-0.2, 0) is 25.2 Å². The molecule has 10 nitrogen and oxygen atoms in total. The van der Waals surface area contributed by atoms with Gasteiger partial charge in [-0.05, 0) is 42.8 Å². The molecule has 1 atom stereocenters. The highest BCUT2D eigenvalue weighted by molar-refractivity contribution is 7.89. The second kappa shape index (κ2) is 10.4. The number of nitrogens with one attached hydrogen (secondary N) is 1. The second-order valence-corrected chi connectivity index (χ2v) is 11.1. The van der Waals surface area contributed by atoms with Crippen molar-refractivity contribution in [2.24, 2.45) is 0 Å². The van der Waals surface area contributed by atoms with Crippen molar-refractivity contribution >= 4 is 39.5 Å². The van der Waals surface area contributed by atoms with Gasteiger partial charge in [-0.1, -0.05) is 23.7 Å². The Hall–Kier alpha value is -3.36. The summed E-state index contributed by atoms with van der Waals surface area (Å²) in [5, 5.41) is 2.19. The molecule has 38 heavy (non-hydrogen) atoms. The van der Waals surface area contributed by atoms with Crippen LogP contribution in [0.4, 0.5) is 18.0 Å². The number of imide groups is 1. The van der Waals surface area contributed by atoms with Gasteiger partial charge in [0.05, 0.1) is 9.92 Å². The van der Waals surface area contributed by atoms with Crippen LogP contribution in [0.3, 0.4) is 0 Å². The first kappa shape index (κ1) is 27.7. The van der Waals surface area contributed by atoms with E-state index in [-0.39, 0.29) is 41.8 Å². The van der Waals surface area contributed by atoms with Crippen LogP contribution in [-0.4, -0.2) is 79.7 Å². The van der Waals surface area contributed by atoms with E-state index >= 15 is 0 Å². The molecule has 0 bridgehead atoms. The predicted molar refractivity (Wildman–Crippen MR) is 127 cm³/mol. The fraction of sp³-hybridized carbons (Fsp3) is 0.348. The lowest BCUT2D eigenvalue weighted by molar-refractivity contribution is -0.139. The molecule has 1 N–H and O–H groups in total. The van der Waals surface area contributed by atoms with E-state index < -0.39 is 52.4 Å². The summed E-state index contributed by atoms with van der Waals surface area (Å²) >= 11 is 5.70. The molecule has 0 unspecified atom stereocenters. The van der Waals surface area contributed by atoms with Gasteiger partial charge in [0, 0.05) is 26.2 Å². The van der Waals surface area contributed by atoms with E-state index in [1.54, 1.807) is 0 Å². The number of carbonyl (C=O) groups excluding carboxylic acids is 3. The first-order valence-electron chi connectivity index (χ1n) is 11.3. The summed E-state index contributed by atoms with van der Waals surface area (Å²) in [6.07, 6.45) is 0. The number of hydrogen-bond acceptors (Lipinski definition) is 6. The number of rotatable bonds is 7. The molecular weight excluding hydrogens is 553 g/mol. The van der Waals surface area contributed by atoms with Crippen molar-refractivity contribution in [2.75, 3.05) is 32.7 Å². The van der Waals surface area contributed by atoms with Gasteiger partial charge in [0.2, 0.25) is 15.9 Å². The summed E-state index contributed by atoms with van der Waals surface area (Å²) < 4.78 is 69.4. The zero-order chi connectivity index (χ0) is 27.8. The maximum atomic E-state index is 13.4. The van der Waals surface area contributed by atoms with Crippen molar-refractivity contribution in [1.29, 1.82) is 0 Å². The number of nitrogens with zero attached hydrogens (tertiary/aromatic N) is 3.